The third-order valence-electron chi connectivity index (χ3n) is 0.998. The molecule has 54 valence electrons. The third-order valence-corrected chi connectivity index (χ3v) is 2.99. The van der Waals surface area contributed by atoms with Crippen molar-refractivity contribution in [3.63, 3.8) is 0 Å². The Bertz CT molecular complexity index is 82.3. The highest BCUT2D eigenvalue weighted by atomic mass is 28.4. The molecular weight excluding hydrogens is 140 g/mol. The number of hydrogen-bond acceptors (Lipinski definition) is 4. The Morgan fingerprint density at radius 2 is 1.44 bits per heavy atom. The molecule has 0 fully saturated rings. The van der Waals surface area contributed by atoms with E-state index in [0.29, 0.717) is 5.91 Å². The molecule has 0 aliphatic heterocycles. The number of carbonyl (C=O) groups is 1. The Balaban J connectivity index is 3.98. The predicted molar refractivity (Wildman–Crippen MR) is 33.5 cm³/mol. The first-order valence-corrected chi connectivity index (χ1v) is 4.16. The largest absolute Gasteiger partial charge is 0.570 e. The van der Waals surface area contributed by atoms with Crippen molar-refractivity contribution in [2.24, 2.45) is 0 Å². The van der Waals surface area contributed by atoms with E-state index in [9.17, 15) is 4.79 Å². The van der Waals surface area contributed by atoms with Gasteiger partial charge in [0.2, 0.25) is 0 Å². The summed E-state index contributed by atoms with van der Waals surface area (Å²) in [5.41, 5.74) is 0. The molecule has 0 N–H and O–H groups in total. The van der Waals surface area contributed by atoms with E-state index in [1.807, 2.05) is 0 Å². The molecule has 0 rings (SSSR count). The highest BCUT2D eigenvalue weighted by Crippen LogP contribution is 1.99. The molecule has 0 aromatic heterocycles. The molecule has 0 aromatic carbocycles. The van der Waals surface area contributed by atoms with Gasteiger partial charge in [0.25, 0.3) is 0 Å². The first kappa shape index (κ1) is 8.77. The van der Waals surface area contributed by atoms with Crippen LogP contribution >= 0.6 is 0 Å². The summed E-state index contributed by atoms with van der Waals surface area (Å²) in [5, 5.41) is 0. The molecule has 5 heteroatoms. The van der Waals surface area contributed by atoms with Crippen LogP contribution in [0.4, 0.5) is 0 Å². The zero-order valence-electron chi connectivity index (χ0n) is 5.71. The second-order valence-electron chi connectivity index (χ2n) is 1.33. The van der Waals surface area contributed by atoms with Crippen molar-refractivity contribution in [1.82, 2.24) is 0 Å². The molecule has 9 heavy (non-hydrogen) atoms. The molecule has 0 saturated heterocycles. The lowest BCUT2D eigenvalue weighted by atomic mass is 11.8. The lowest BCUT2D eigenvalue weighted by Gasteiger charge is -2.16. The monoisotopic (exact) mass is 150 g/mol. The van der Waals surface area contributed by atoms with Gasteiger partial charge in [-0.15, -0.1) is 0 Å². The minimum absolute atomic E-state index is 0.576. The third kappa shape index (κ3) is 1.87. The van der Waals surface area contributed by atoms with Gasteiger partial charge in [-0.1, -0.05) is 0 Å². The van der Waals surface area contributed by atoms with Crippen LogP contribution in [0.2, 0.25) is 0 Å². The fraction of sp³-hybridized carbons (Fsp3) is 0.750. The van der Waals surface area contributed by atoms with E-state index in [2.05, 4.69) is 0 Å². The molecule has 0 radical (unpaired) electrons. The summed E-state index contributed by atoms with van der Waals surface area (Å²) in [5.74, 6) is 0.576. The van der Waals surface area contributed by atoms with Crippen LogP contribution in [0.3, 0.4) is 0 Å². The summed E-state index contributed by atoms with van der Waals surface area (Å²) < 4.78 is 14.1. The highest BCUT2D eigenvalue weighted by Gasteiger charge is 2.37. The van der Waals surface area contributed by atoms with Gasteiger partial charge in [0.1, 0.15) is 0 Å². The number of carbonyl (C=O) groups excluding carboxylic acids is 1. The first-order chi connectivity index (χ1) is 4.24. The molecule has 0 aliphatic rings. The smallest absolute Gasteiger partial charge is 0.372 e. The minimum atomic E-state index is -2.87. The summed E-state index contributed by atoms with van der Waals surface area (Å²) in [4.78, 5) is 10.2. The molecule has 4 nitrogen and oxygen atoms in total. The highest BCUT2D eigenvalue weighted by molar-refractivity contribution is 6.86. The molecule has 0 heterocycles. The van der Waals surface area contributed by atoms with Gasteiger partial charge in [-0.2, -0.15) is 0 Å². The normalized spacial score (nSPS) is 11.4. The maximum Gasteiger partial charge on any atom is 0.570 e. The molecular formula is C4H10O4Si. The second-order valence-corrected chi connectivity index (χ2v) is 4.00. The van der Waals surface area contributed by atoms with Crippen LogP contribution in [0, 0.1) is 0 Å². The van der Waals surface area contributed by atoms with Gasteiger partial charge in [-0.05, 0) is 0 Å². The summed E-state index contributed by atoms with van der Waals surface area (Å²) in [7, 11) is 1.28. The van der Waals surface area contributed by atoms with E-state index >= 15 is 0 Å². The Morgan fingerprint density at radius 1 is 1.11 bits per heavy atom. The lowest BCUT2D eigenvalue weighted by molar-refractivity contribution is 0.143. The van der Waals surface area contributed by atoms with Gasteiger partial charge < -0.3 is 18.1 Å². The van der Waals surface area contributed by atoms with Gasteiger partial charge in [0.05, 0.1) is 0 Å². The molecule has 0 atom stereocenters. The summed E-state index contributed by atoms with van der Waals surface area (Å²) >= 11 is 0. The summed E-state index contributed by atoms with van der Waals surface area (Å²) in [6.07, 6.45) is 0. The Hall–Kier alpha value is -0.233. The molecule has 0 spiro atoms. The van der Waals surface area contributed by atoms with Crippen molar-refractivity contribution in [2.75, 3.05) is 21.3 Å². The van der Waals surface area contributed by atoms with Crippen LogP contribution in [0.5, 0.6) is 0 Å². The van der Waals surface area contributed by atoms with Crippen molar-refractivity contribution in [2.45, 2.75) is 0 Å². The Kier molecular flexibility index (Phi) is 3.63. The molecule has 0 bridgehead atoms. The molecule has 0 aromatic rings. The quantitative estimate of drug-likeness (QED) is 0.405. The molecule has 0 amide bonds. The van der Waals surface area contributed by atoms with Crippen LogP contribution < -0.4 is 0 Å². The van der Waals surface area contributed by atoms with Crippen molar-refractivity contribution < 1.29 is 18.1 Å². The van der Waals surface area contributed by atoms with Crippen molar-refractivity contribution in [1.29, 1.82) is 0 Å². The van der Waals surface area contributed by atoms with Crippen LogP contribution in [-0.4, -0.2) is 36.0 Å². The van der Waals surface area contributed by atoms with E-state index in [1.165, 1.54) is 21.3 Å². The summed E-state index contributed by atoms with van der Waals surface area (Å²) in [6, 6.07) is 0. The first-order valence-electron chi connectivity index (χ1n) is 2.36. The van der Waals surface area contributed by atoms with Crippen molar-refractivity contribution in [3.05, 3.63) is 0 Å². The van der Waals surface area contributed by atoms with Gasteiger partial charge in [-0.3, -0.25) is 0 Å². The van der Waals surface area contributed by atoms with Crippen molar-refractivity contribution in [3.8, 4) is 0 Å². The Morgan fingerprint density at radius 3 is 1.44 bits per heavy atom. The van der Waals surface area contributed by atoms with Crippen LogP contribution in [0.25, 0.3) is 0 Å². The SMILES string of the molecule is CO[Si](C=O)(OC)OC. The van der Waals surface area contributed by atoms with E-state index in [1.54, 1.807) is 0 Å². The van der Waals surface area contributed by atoms with Gasteiger partial charge >= 0.3 is 8.80 Å². The number of hydrogen-bond donors (Lipinski definition) is 0. The fourth-order valence-corrected chi connectivity index (χ4v) is 1.18. The molecule has 0 unspecified atom stereocenters. The number of rotatable bonds is 4. The predicted octanol–water partition coefficient (Wildman–Crippen LogP) is -0.364. The maximum atomic E-state index is 10.2. The van der Waals surface area contributed by atoms with Gasteiger partial charge in [-0.25, -0.2) is 0 Å². The average molecular weight is 150 g/mol. The zero-order chi connectivity index (χ0) is 7.33. The van der Waals surface area contributed by atoms with Crippen LogP contribution in [0.15, 0.2) is 0 Å². The maximum absolute atomic E-state index is 10.2. The standard InChI is InChI=1S/C4H10O4Si/c1-6-9(4-5,7-2)8-3/h4H,1-3H3. The van der Waals surface area contributed by atoms with E-state index in [4.69, 9.17) is 13.3 Å². The van der Waals surface area contributed by atoms with E-state index < -0.39 is 8.80 Å². The Labute approximate surface area is 55.1 Å². The van der Waals surface area contributed by atoms with Gasteiger partial charge in [0.15, 0.2) is 5.91 Å². The summed E-state index contributed by atoms with van der Waals surface area (Å²) in [6.45, 7) is 0. The van der Waals surface area contributed by atoms with E-state index in [-0.39, 0.29) is 0 Å². The second kappa shape index (κ2) is 3.73. The fourth-order valence-electron chi connectivity index (χ4n) is 0.394. The van der Waals surface area contributed by atoms with Crippen LogP contribution in [-0.2, 0) is 18.1 Å². The van der Waals surface area contributed by atoms with E-state index in [0.717, 1.165) is 0 Å². The topological polar surface area (TPSA) is 44.8 Å². The lowest BCUT2D eigenvalue weighted by Crippen LogP contribution is -2.44. The van der Waals surface area contributed by atoms with Crippen molar-refractivity contribution >= 4 is 14.7 Å². The zero-order valence-corrected chi connectivity index (χ0v) is 6.71. The molecule has 0 aliphatic carbocycles. The van der Waals surface area contributed by atoms with Crippen LogP contribution in [0.1, 0.15) is 0 Å². The molecule has 0 saturated carbocycles. The average Bonchev–Trinajstić information content (AvgIpc) is 1.95. The minimum Gasteiger partial charge on any atom is -0.372 e. The van der Waals surface area contributed by atoms with Gasteiger partial charge in [0, 0.05) is 21.3 Å².